The summed E-state index contributed by atoms with van der Waals surface area (Å²) in [4.78, 5) is 12.5. The Balaban J connectivity index is 1.67. The van der Waals surface area contributed by atoms with Crippen LogP contribution >= 0.6 is 11.6 Å². The van der Waals surface area contributed by atoms with Crippen LogP contribution in [0.4, 0.5) is 4.39 Å². The van der Waals surface area contributed by atoms with E-state index in [0.29, 0.717) is 41.5 Å². The molecule has 1 amide bonds. The first kappa shape index (κ1) is 19.1. The Bertz CT molecular complexity index is 951. The molecule has 0 bridgehead atoms. The van der Waals surface area contributed by atoms with Gasteiger partial charge in [0.25, 0.3) is 5.91 Å². The molecule has 4 nitrogen and oxygen atoms in total. The molecule has 1 heterocycles. The Morgan fingerprint density at radius 1 is 1.15 bits per heavy atom. The fourth-order valence-electron chi connectivity index (χ4n) is 2.88. The van der Waals surface area contributed by atoms with Gasteiger partial charge < -0.3 is 5.32 Å². The number of carbonyl (C=O) groups is 1. The summed E-state index contributed by atoms with van der Waals surface area (Å²) in [6.07, 6.45) is 0.409. The van der Waals surface area contributed by atoms with Crippen LogP contribution in [0.15, 0.2) is 48.5 Å². The molecule has 0 saturated carbocycles. The Labute approximate surface area is 163 Å². The number of aromatic nitrogens is 2. The zero-order valence-corrected chi connectivity index (χ0v) is 16.1. The molecule has 0 unspecified atom stereocenters. The van der Waals surface area contributed by atoms with Crippen LogP contribution < -0.4 is 5.32 Å². The van der Waals surface area contributed by atoms with E-state index in [2.05, 4.69) is 10.4 Å². The number of benzene rings is 2. The minimum Gasteiger partial charge on any atom is -0.352 e. The molecule has 1 aromatic heterocycles. The van der Waals surface area contributed by atoms with Crippen molar-refractivity contribution in [1.29, 1.82) is 0 Å². The number of hydrogen-bond acceptors (Lipinski definition) is 2. The molecule has 27 heavy (non-hydrogen) atoms. The molecule has 0 spiro atoms. The first-order valence-electron chi connectivity index (χ1n) is 8.75. The van der Waals surface area contributed by atoms with Gasteiger partial charge in [0.1, 0.15) is 11.0 Å². The van der Waals surface area contributed by atoms with Crippen molar-refractivity contribution in [2.24, 2.45) is 0 Å². The first-order chi connectivity index (χ1) is 13.0. The second-order valence-corrected chi connectivity index (χ2v) is 6.85. The molecule has 0 aliphatic carbocycles. The fraction of sp³-hybridized carbons (Fsp3) is 0.238. The van der Waals surface area contributed by atoms with Gasteiger partial charge in [-0.25, -0.2) is 9.07 Å². The average Bonchev–Trinajstić information content (AvgIpc) is 2.92. The number of rotatable bonds is 6. The molecule has 0 aliphatic rings. The lowest BCUT2D eigenvalue weighted by Crippen LogP contribution is -2.26. The summed E-state index contributed by atoms with van der Waals surface area (Å²) < 4.78 is 15.3. The Hall–Kier alpha value is -2.66. The van der Waals surface area contributed by atoms with E-state index in [1.54, 1.807) is 29.8 Å². The molecule has 0 fully saturated rings. The predicted molar refractivity (Wildman–Crippen MR) is 105 cm³/mol. The highest BCUT2D eigenvalue weighted by Gasteiger charge is 2.20. The van der Waals surface area contributed by atoms with Gasteiger partial charge in [-0.15, -0.1) is 0 Å². The van der Waals surface area contributed by atoms with E-state index in [1.165, 1.54) is 11.6 Å². The van der Waals surface area contributed by atoms with Gasteiger partial charge in [0, 0.05) is 6.54 Å². The van der Waals surface area contributed by atoms with E-state index >= 15 is 0 Å². The van der Waals surface area contributed by atoms with Crippen LogP contribution in [0, 0.1) is 19.7 Å². The van der Waals surface area contributed by atoms with Crippen molar-refractivity contribution in [3.8, 4) is 0 Å². The third kappa shape index (κ3) is 4.55. The minimum absolute atomic E-state index is 0.271. The zero-order chi connectivity index (χ0) is 19.4. The number of amides is 1. The molecule has 1 N–H and O–H groups in total. The summed E-state index contributed by atoms with van der Waals surface area (Å²) in [5.41, 5.74) is 3.72. The number of halogens is 2. The lowest BCUT2D eigenvalue weighted by molar-refractivity contribution is 0.0953. The van der Waals surface area contributed by atoms with Crippen LogP contribution in [-0.4, -0.2) is 22.2 Å². The molecule has 0 aliphatic heterocycles. The summed E-state index contributed by atoms with van der Waals surface area (Å²) in [5, 5.41) is 7.49. The smallest absolute Gasteiger partial charge is 0.256 e. The van der Waals surface area contributed by atoms with Crippen molar-refractivity contribution in [2.75, 3.05) is 6.54 Å². The Kier molecular flexibility index (Phi) is 5.91. The van der Waals surface area contributed by atoms with Gasteiger partial charge >= 0.3 is 0 Å². The molecule has 0 radical (unpaired) electrons. The van der Waals surface area contributed by atoms with Gasteiger partial charge in [-0.1, -0.05) is 59.6 Å². The summed E-state index contributed by atoms with van der Waals surface area (Å²) in [6, 6.07) is 14.6. The average molecular weight is 386 g/mol. The van der Waals surface area contributed by atoms with Crippen LogP contribution in [0.1, 0.15) is 32.7 Å². The highest BCUT2D eigenvalue weighted by molar-refractivity contribution is 6.33. The SMILES string of the molecule is Cc1ccc(Cn2nc(C)c(C(=O)NCCc3ccccc3F)c2Cl)cc1. The number of nitrogens with zero attached hydrogens (tertiary/aromatic N) is 2. The van der Waals surface area contributed by atoms with Crippen LogP contribution in [-0.2, 0) is 13.0 Å². The maximum Gasteiger partial charge on any atom is 0.256 e. The first-order valence-corrected chi connectivity index (χ1v) is 9.13. The lowest BCUT2D eigenvalue weighted by atomic mass is 10.1. The maximum absolute atomic E-state index is 13.7. The fourth-order valence-corrected chi connectivity index (χ4v) is 3.20. The summed E-state index contributed by atoms with van der Waals surface area (Å²) in [5.74, 6) is -0.573. The van der Waals surface area contributed by atoms with Crippen molar-refractivity contribution in [3.63, 3.8) is 0 Å². The standard InChI is InChI=1S/C21H21ClFN3O/c1-14-7-9-16(10-8-14)13-26-20(22)19(15(2)25-26)21(27)24-12-11-17-5-3-4-6-18(17)23/h3-10H,11-13H2,1-2H3,(H,24,27). The molecule has 0 saturated heterocycles. The monoisotopic (exact) mass is 385 g/mol. The van der Waals surface area contributed by atoms with Gasteiger partial charge in [0.05, 0.1) is 17.8 Å². The topological polar surface area (TPSA) is 46.9 Å². The Morgan fingerprint density at radius 2 is 1.85 bits per heavy atom. The predicted octanol–water partition coefficient (Wildman–Crippen LogP) is 4.31. The Morgan fingerprint density at radius 3 is 2.56 bits per heavy atom. The second-order valence-electron chi connectivity index (χ2n) is 6.49. The van der Waals surface area contributed by atoms with E-state index in [0.717, 1.165) is 5.56 Å². The van der Waals surface area contributed by atoms with Crippen molar-refractivity contribution in [2.45, 2.75) is 26.8 Å². The maximum atomic E-state index is 13.7. The van der Waals surface area contributed by atoms with Crippen LogP contribution in [0.5, 0.6) is 0 Å². The minimum atomic E-state index is -0.302. The molecule has 0 atom stereocenters. The van der Waals surface area contributed by atoms with E-state index in [4.69, 9.17) is 11.6 Å². The summed E-state index contributed by atoms with van der Waals surface area (Å²) >= 11 is 6.41. The number of aryl methyl sites for hydroxylation is 2. The van der Waals surface area contributed by atoms with Crippen molar-refractivity contribution >= 4 is 17.5 Å². The van der Waals surface area contributed by atoms with Gasteiger partial charge in [-0.3, -0.25) is 4.79 Å². The highest BCUT2D eigenvalue weighted by Crippen LogP contribution is 2.21. The molecule has 3 aromatic rings. The largest absolute Gasteiger partial charge is 0.352 e. The number of carbonyl (C=O) groups excluding carboxylic acids is 1. The molecule has 3 rings (SSSR count). The highest BCUT2D eigenvalue weighted by atomic mass is 35.5. The molecule has 2 aromatic carbocycles. The van der Waals surface area contributed by atoms with Gasteiger partial charge in [0.2, 0.25) is 0 Å². The van der Waals surface area contributed by atoms with E-state index in [-0.39, 0.29) is 11.7 Å². The van der Waals surface area contributed by atoms with E-state index < -0.39 is 0 Å². The summed E-state index contributed by atoms with van der Waals surface area (Å²) in [7, 11) is 0. The van der Waals surface area contributed by atoms with Crippen molar-refractivity contribution in [3.05, 3.63) is 87.4 Å². The van der Waals surface area contributed by atoms with Crippen LogP contribution in [0.25, 0.3) is 0 Å². The number of hydrogen-bond donors (Lipinski definition) is 1. The van der Waals surface area contributed by atoms with E-state index in [9.17, 15) is 9.18 Å². The molecule has 140 valence electrons. The number of nitrogens with one attached hydrogen (secondary N) is 1. The van der Waals surface area contributed by atoms with Crippen molar-refractivity contribution < 1.29 is 9.18 Å². The zero-order valence-electron chi connectivity index (χ0n) is 15.3. The molecular formula is C21H21ClFN3O. The lowest BCUT2D eigenvalue weighted by Gasteiger charge is -2.07. The third-order valence-electron chi connectivity index (χ3n) is 4.38. The van der Waals surface area contributed by atoms with Gasteiger partial charge in [-0.05, 0) is 37.5 Å². The van der Waals surface area contributed by atoms with E-state index in [1.807, 2.05) is 31.2 Å². The third-order valence-corrected chi connectivity index (χ3v) is 4.77. The van der Waals surface area contributed by atoms with Gasteiger partial charge in [-0.2, -0.15) is 5.10 Å². The van der Waals surface area contributed by atoms with Crippen LogP contribution in [0.3, 0.4) is 0 Å². The quantitative estimate of drug-likeness (QED) is 0.687. The second kappa shape index (κ2) is 8.35. The van der Waals surface area contributed by atoms with Crippen LogP contribution in [0.2, 0.25) is 5.15 Å². The molecular weight excluding hydrogens is 365 g/mol. The van der Waals surface area contributed by atoms with Gasteiger partial charge in [0.15, 0.2) is 0 Å². The molecule has 6 heteroatoms. The summed E-state index contributed by atoms with van der Waals surface area (Å²) in [6.45, 7) is 4.59. The normalized spacial score (nSPS) is 10.8. The van der Waals surface area contributed by atoms with Crippen molar-refractivity contribution in [1.82, 2.24) is 15.1 Å².